The lowest BCUT2D eigenvalue weighted by atomic mass is 9.91. The molecule has 0 N–H and O–H groups in total. The van der Waals surface area contributed by atoms with E-state index in [9.17, 15) is 9.36 Å². The number of aryl methyl sites for hydroxylation is 3. The first-order valence-corrected chi connectivity index (χ1v) is 11.4. The van der Waals surface area contributed by atoms with Gasteiger partial charge in [0.2, 0.25) is 5.52 Å². The van der Waals surface area contributed by atoms with E-state index in [1.807, 2.05) is 63.2 Å². The van der Waals surface area contributed by atoms with E-state index in [-0.39, 0.29) is 17.1 Å². The van der Waals surface area contributed by atoms with Gasteiger partial charge in [0.25, 0.3) is 0 Å². The number of rotatable bonds is 9. The third kappa shape index (κ3) is 5.14. The molecular formula is C24H32O2P. The minimum absolute atomic E-state index is 0.191. The van der Waals surface area contributed by atoms with Gasteiger partial charge in [-0.15, -0.1) is 0 Å². The van der Waals surface area contributed by atoms with Crippen LogP contribution in [0.25, 0.3) is 0 Å². The maximum absolute atomic E-state index is 13.6. The molecule has 2 aromatic carbocycles. The number of hydrogen-bond donors (Lipinski definition) is 0. The normalized spacial score (nSPS) is 13.9. The molecule has 3 atom stereocenters. The van der Waals surface area contributed by atoms with Crippen molar-refractivity contribution in [3.05, 3.63) is 70.3 Å². The highest BCUT2D eigenvalue weighted by molar-refractivity contribution is 7.64. The molecule has 2 rings (SSSR count). The average molecular weight is 383 g/mol. The smallest absolute Gasteiger partial charge is 0.242 e. The number of carbonyl (C=O) groups is 1. The van der Waals surface area contributed by atoms with Crippen LogP contribution in [0.15, 0.2) is 42.5 Å². The largest absolute Gasteiger partial charge is 0.281 e. The molecule has 0 heterocycles. The van der Waals surface area contributed by atoms with Crippen molar-refractivity contribution in [1.82, 2.24) is 0 Å². The van der Waals surface area contributed by atoms with E-state index < -0.39 is 7.80 Å². The Kier molecular flexibility index (Phi) is 7.92. The first-order chi connectivity index (χ1) is 12.9. The van der Waals surface area contributed by atoms with Gasteiger partial charge in [-0.3, -0.25) is 9.36 Å². The highest BCUT2D eigenvalue weighted by atomic mass is 31.1. The van der Waals surface area contributed by atoms with Crippen LogP contribution in [-0.4, -0.2) is 5.52 Å². The highest BCUT2D eigenvalue weighted by Gasteiger charge is 2.33. The molecule has 0 aliphatic carbocycles. The third-order valence-corrected chi connectivity index (χ3v) is 7.23. The lowest BCUT2D eigenvalue weighted by Crippen LogP contribution is -2.13. The Bertz CT molecular complexity index is 772. The second kappa shape index (κ2) is 9.95. The van der Waals surface area contributed by atoms with Crippen LogP contribution >= 0.6 is 7.80 Å². The van der Waals surface area contributed by atoms with Gasteiger partial charge in [0, 0.05) is 5.56 Å². The third-order valence-electron chi connectivity index (χ3n) is 5.38. The molecule has 1 radical (unpaired) electrons. The first kappa shape index (κ1) is 21.5. The standard InChI is InChI=1S/C24H32O2P/c1-6-8-12-20(7-2)23(21-13-10-9-11-14-21)27(26)24(25)22-18(4)15-17(3)16-19(22)5/h9-11,13-16,20,23H,6-8,12H2,1-5H3. The minimum Gasteiger partial charge on any atom is -0.281 e. The first-order valence-electron chi connectivity index (χ1n) is 10.0. The van der Waals surface area contributed by atoms with Crippen LogP contribution in [0.5, 0.6) is 0 Å². The molecule has 0 aliphatic rings. The van der Waals surface area contributed by atoms with Gasteiger partial charge in [-0.25, -0.2) is 0 Å². The Morgan fingerprint density at radius 2 is 1.59 bits per heavy atom. The van der Waals surface area contributed by atoms with Crippen LogP contribution in [0.3, 0.4) is 0 Å². The van der Waals surface area contributed by atoms with Crippen molar-refractivity contribution in [3.63, 3.8) is 0 Å². The summed E-state index contributed by atoms with van der Waals surface area (Å²) >= 11 is 0. The van der Waals surface area contributed by atoms with Gasteiger partial charge in [0.15, 0.2) is 7.80 Å². The van der Waals surface area contributed by atoms with E-state index in [4.69, 9.17) is 0 Å². The van der Waals surface area contributed by atoms with Gasteiger partial charge in [-0.05, 0) is 49.8 Å². The van der Waals surface area contributed by atoms with E-state index in [1.54, 1.807) is 0 Å². The maximum atomic E-state index is 13.6. The van der Waals surface area contributed by atoms with Gasteiger partial charge in [-0.2, -0.15) is 0 Å². The zero-order valence-electron chi connectivity index (χ0n) is 17.3. The van der Waals surface area contributed by atoms with Crippen molar-refractivity contribution in [2.45, 2.75) is 66.0 Å². The Morgan fingerprint density at radius 1 is 1.00 bits per heavy atom. The fourth-order valence-electron chi connectivity index (χ4n) is 4.05. The van der Waals surface area contributed by atoms with Crippen LogP contribution in [-0.2, 0) is 4.57 Å². The summed E-state index contributed by atoms with van der Waals surface area (Å²) in [6, 6.07) is 14.0. The summed E-state index contributed by atoms with van der Waals surface area (Å²) in [4.78, 5) is 13.3. The van der Waals surface area contributed by atoms with E-state index in [0.717, 1.165) is 47.9 Å². The highest BCUT2D eigenvalue weighted by Crippen LogP contribution is 2.51. The van der Waals surface area contributed by atoms with Gasteiger partial charge in [-0.1, -0.05) is 81.1 Å². The Labute approximate surface area is 165 Å². The van der Waals surface area contributed by atoms with Gasteiger partial charge in [0.1, 0.15) is 0 Å². The zero-order chi connectivity index (χ0) is 20.0. The molecule has 2 aromatic rings. The molecule has 0 fully saturated rings. The molecule has 0 bridgehead atoms. The van der Waals surface area contributed by atoms with Gasteiger partial charge >= 0.3 is 0 Å². The summed E-state index contributed by atoms with van der Waals surface area (Å²) in [5.41, 5.74) is 4.24. The van der Waals surface area contributed by atoms with Crippen LogP contribution in [0.2, 0.25) is 0 Å². The van der Waals surface area contributed by atoms with Crippen molar-refractivity contribution in [1.29, 1.82) is 0 Å². The number of carbonyl (C=O) groups excluding carboxylic acids is 1. The van der Waals surface area contributed by atoms with Crippen molar-refractivity contribution in [2.75, 3.05) is 0 Å². The van der Waals surface area contributed by atoms with Crippen molar-refractivity contribution in [3.8, 4) is 0 Å². The van der Waals surface area contributed by atoms with Gasteiger partial charge < -0.3 is 0 Å². The molecule has 0 spiro atoms. The summed E-state index contributed by atoms with van der Waals surface area (Å²) in [6.45, 7) is 10.2. The summed E-state index contributed by atoms with van der Waals surface area (Å²) in [7, 11) is -2.05. The fourth-order valence-corrected chi connectivity index (χ4v) is 6.07. The average Bonchev–Trinajstić information content (AvgIpc) is 2.64. The summed E-state index contributed by atoms with van der Waals surface area (Å²) in [5, 5.41) is 0. The minimum atomic E-state index is -2.05. The molecular weight excluding hydrogens is 351 g/mol. The maximum Gasteiger partial charge on any atom is 0.242 e. The Hall–Kier alpha value is -1.79. The number of unbranched alkanes of at least 4 members (excludes halogenated alkanes) is 1. The fraction of sp³-hybridized carbons (Fsp3) is 0.458. The second-order valence-corrected chi connectivity index (χ2v) is 9.18. The number of benzene rings is 2. The molecule has 3 heteroatoms. The molecule has 0 aromatic heterocycles. The van der Waals surface area contributed by atoms with E-state index >= 15 is 0 Å². The van der Waals surface area contributed by atoms with Crippen LogP contribution in [0, 0.1) is 26.7 Å². The van der Waals surface area contributed by atoms with E-state index in [0.29, 0.717) is 5.56 Å². The molecule has 0 amide bonds. The summed E-state index contributed by atoms with van der Waals surface area (Å²) in [5.74, 6) is 0.256. The second-order valence-electron chi connectivity index (χ2n) is 7.57. The van der Waals surface area contributed by atoms with Gasteiger partial charge in [0.05, 0.1) is 5.66 Å². The van der Waals surface area contributed by atoms with Crippen LogP contribution in [0.4, 0.5) is 0 Å². The molecule has 145 valence electrons. The van der Waals surface area contributed by atoms with Crippen molar-refractivity contribution in [2.24, 2.45) is 5.92 Å². The Morgan fingerprint density at radius 3 is 2.11 bits per heavy atom. The van der Waals surface area contributed by atoms with Crippen molar-refractivity contribution >= 4 is 13.3 Å². The SMILES string of the molecule is CCCCC(CC)C(c1ccccc1)[P](=O)C(=O)c1c(C)cc(C)cc1C. The van der Waals surface area contributed by atoms with E-state index in [2.05, 4.69) is 13.8 Å². The van der Waals surface area contributed by atoms with Crippen LogP contribution in [0.1, 0.15) is 77.8 Å². The monoisotopic (exact) mass is 383 g/mol. The van der Waals surface area contributed by atoms with Crippen molar-refractivity contribution < 1.29 is 9.36 Å². The summed E-state index contributed by atoms with van der Waals surface area (Å²) < 4.78 is 13.6. The molecule has 0 saturated heterocycles. The lowest BCUT2D eigenvalue weighted by Gasteiger charge is -2.26. The predicted molar refractivity (Wildman–Crippen MR) is 115 cm³/mol. The lowest BCUT2D eigenvalue weighted by molar-refractivity contribution is 0.107. The molecule has 2 nitrogen and oxygen atoms in total. The van der Waals surface area contributed by atoms with Crippen LogP contribution < -0.4 is 0 Å². The Balaban J connectivity index is 2.46. The quantitative estimate of drug-likeness (QED) is 0.419. The van der Waals surface area contributed by atoms with E-state index in [1.165, 1.54) is 0 Å². The summed E-state index contributed by atoms with van der Waals surface area (Å²) in [6.07, 6.45) is 4.15. The molecule has 27 heavy (non-hydrogen) atoms. The topological polar surface area (TPSA) is 34.1 Å². The number of hydrogen-bond acceptors (Lipinski definition) is 2. The zero-order valence-corrected chi connectivity index (χ0v) is 18.2. The molecule has 3 unspecified atom stereocenters. The molecule has 0 saturated carbocycles. The molecule has 0 aliphatic heterocycles. The predicted octanol–water partition coefficient (Wildman–Crippen LogP) is 7.54.